The maximum absolute atomic E-state index is 12.2. The molecule has 22 heavy (non-hydrogen) atoms. The smallest absolute Gasteiger partial charge is 0.338 e. The van der Waals surface area contributed by atoms with E-state index in [1.807, 2.05) is 0 Å². The minimum absolute atomic E-state index is 0.0166. The first kappa shape index (κ1) is 18.5. The molecule has 1 unspecified atom stereocenters. The molecule has 0 spiro atoms. The molecular weight excluding hydrogens is 298 g/mol. The minimum Gasteiger partial charge on any atom is -0.495 e. The second-order valence-electron chi connectivity index (χ2n) is 6.78. The van der Waals surface area contributed by atoms with Crippen molar-refractivity contribution >= 4 is 20.0 Å². The van der Waals surface area contributed by atoms with Crippen molar-refractivity contribution in [2.45, 2.75) is 45.0 Å². The number of carbonyl (C=O) groups excluding carboxylic acids is 1. The Balaban J connectivity index is 3.20. The third kappa shape index (κ3) is 4.01. The summed E-state index contributed by atoms with van der Waals surface area (Å²) in [4.78, 5) is 12.2. The highest BCUT2D eigenvalue weighted by Gasteiger charge is 2.41. The largest absolute Gasteiger partial charge is 0.495 e. The molecule has 124 valence electrons. The zero-order chi connectivity index (χ0) is 17.1. The predicted molar refractivity (Wildman–Crippen MR) is 90.4 cm³/mol. The fraction of sp³-hybridized carbons (Fsp3) is 0.562. The minimum atomic E-state index is -2.14. The summed E-state index contributed by atoms with van der Waals surface area (Å²) in [7, 11) is 0.767. The van der Waals surface area contributed by atoms with E-state index in [1.165, 1.54) is 7.11 Å². The highest BCUT2D eigenvalue weighted by atomic mass is 28.4. The maximum atomic E-state index is 12.2. The van der Waals surface area contributed by atoms with E-state index in [0.717, 1.165) is 0 Å². The highest BCUT2D eigenvalue weighted by molar-refractivity contribution is 6.74. The number of hydrogen-bond donors (Lipinski definition) is 1. The van der Waals surface area contributed by atoms with Gasteiger partial charge in [0.2, 0.25) is 0 Å². The van der Waals surface area contributed by atoms with Gasteiger partial charge >= 0.3 is 5.97 Å². The van der Waals surface area contributed by atoms with Crippen molar-refractivity contribution < 1.29 is 18.7 Å². The van der Waals surface area contributed by atoms with Gasteiger partial charge in [-0.3, -0.25) is 0 Å². The number of carbonyl (C=O) groups is 1. The van der Waals surface area contributed by atoms with Gasteiger partial charge in [-0.2, -0.15) is 0 Å². The summed E-state index contributed by atoms with van der Waals surface area (Å²) >= 11 is 0. The van der Waals surface area contributed by atoms with E-state index in [-0.39, 0.29) is 5.04 Å². The monoisotopic (exact) mass is 325 g/mol. The predicted octanol–water partition coefficient (Wildman–Crippen LogP) is 3.51. The van der Waals surface area contributed by atoms with Crippen LogP contribution in [-0.4, -0.2) is 28.5 Å². The molecule has 0 aliphatic rings. The molecule has 0 aromatic heterocycles. The second-order valence-corrected chi connectivity index (χ2v) is 11.5. The number of rotatable bonds is 5. The zero-order valence-electron chi connectivity index (χ0n) is 14.5. The number of benzene rings is 1. The van der Waals surface area contributed by atoms with Crippen molar-refractivity contribution in [1.29, 1.82) is 0 Å². The van der Waals surface area contributed by atoms with Crippen LogP contribution < -0.4 is 10.5 Å². The molecule has 1 atom stereocenters. The Hall–Kier alpha value is -1.53. The molecule has 0 amide bonds. The van der Waals surface area contributed by atoms with Gasteiger partial charge in [-0.15, -0.1) is 0 Å². The van der Waals surface area contributed by atoms with Crippen molar-refractivity contribution in [3.63, 3.8) is 0 Å². The first-order chi connectivity index (χ1) is 10.0. The first-order valence-electron chi connectivity index (χ1n) is 7.22. The van der Waals surface area contributed by atoms with E-state index in [4.69, 9.17) is 19.6 Å². The van der Waals surface area contributed by atoms with Crippen LogP contribution in [0.15, 0.2) is 18.2 Å². The average molecular weight is 325 g/mol. The van der Waals surface area contributed by atoms with Crippen molar-refractivity contribution in [3.8, 4) is 5.75 Å². The molecule has 0 saturated carbocycles. The SMILES string of the molecule is COC(=O)C(O[Si](C)(C)C(C)(C)C)c1ccc(OC)c(N)c1. The van der Waals surface area contributed by atoms with Gasteiger partial charge < -0.3 is 19.6 Å². The van der Waals surface area contributed by atoms with Crippen molar-refractivity contribution in [2.75, 3.05) is 20.0 Å². The van der Waals surface area contributed by atoms with E-state index in [0.29, 0.717) is 17.0 Å². The van der Waals surface area contributed by atoms with Crippen LogP contribution in [0.2, 0.25) is 18.1 Å². The van der Waals surface area contributed by atoms with Crippen LogP contribution in [0.3, 0.4) is 0 Å². The first-order valence-corrected chi connectivity index (χ1v) is 10.1. The van der Waals surface area contributed by atoms with Gasteiger partial charge in [0.15, 0.2) is 14.4 Å². The molecule has 2 N–H and O–H groups in total. The van der Waals surface area contributed by atoms with Crippen molar-refractivity contribution in [3.05, 3.63) is 23.8 Å². The van der Waals surface area contributed by atoms with Crippen molar-refractivity contribution in [1.82, 2.24) is 0 Å². The van der Waals surface area contributed by atoms with Crippen LogP contribution in [0.1, 0.15) is 32.4 Å². The van der Waals surface area contributed by atoms with E-state index >= 15 is 0 Å². The molecule has 0 radical (unpaired) electrons. The molecule has 0 bridgehead atoms. The third-order valence-electron chi connectivity index (χ3n) is 4.19. The molecule has 1 aromatic rings. The number of ether oxygens (including phenoxy) is 2. The van der Waals surface area contributed by atoms with E-state index in [2.05, 4.69) is 33.9 Å². The fourth-order valence-electron chi connectivity index (χ4n) is 1.75. The van der Waals surface area contributed by atoms with Gasteiger partial charge in [0, 0.05) is 0 Å². The molecule has 0 heterocycles. The molecule has 1 rings (SSSR count). The number of esters is 1. The summed E-state index contributed by atoms with van der Waals surface area (Å²) < 4.78 is 16.3. The second kappa shape index (κ2) is 6.70. The summed E-state index contributed by atoms with van der Waals surface area (Å²) in [6.07, 6.45) is -0.779. The number of nitrogens with two attached hydrogens (primary N) is 1. The summed E-state index contributed by atoms with van der Waals surface area (Å²) in [6.45, 7) is 10.5. The van der Waals surface area contributed by atoms with E-state index in [9.17, 15) is 4.79 Å². The average Bonchev–Trinajstić information content (AvgIpc) is 2.42. The van der Waals surface area contributed by atoms with Crippen LogP contribution in [-0.2, 0) is 14.0 Å². The van der Waals surface area contributed by atoms with Gasteiger partial charge in [0.1, 0.15) is 5.75 Å². The van der Waals surface area contributed by atoms with Crippen LogP contribution >= 0.6 is 0 Å². The Bertz CT molecular complexity index is 537. The van der Waals surface area contributed by atoms with Crippen molar-refractivity contribution in [2.24, 2.45) is 0 Å². The molecule has 1 aromatic carbocycles. The van der Waals surface area contributed by atoms with E-state index in [1.54, 1.807) is 25.3 Å². The van der Waals surface area contributed by atoms with Crippen LogP contribution in [0.4, 0.5) is 5.69 Å². The summed E-state index contributed by atoms with van der Waals surface area (Å²) in [6, 6.07) is 5.22. The Kier molecular flexibility index (Phi) is 5.64. The Morgan fingerprint density at radius 1 is 1.23 bits per heavy atom. The third-order valence-corrected chi connectivity index (χ3v) is 8.63. The fourth-order valence-corrected chi connectivity index (χ4v) is 2.92. The lowest BCUT2D eigenvalue weighted by Crippen LogP contribution is -2.43. The topological polar surface area (TPSA) is 70.8 Å². The molecule has 5 nitrogen and oxygen atoms in total. The standard InChI is InChI=1S/C16H27NO4Si/c1-16(2,3)22(6,7)21-14(15(18)20-5)11-8-9-13(19-4)12(17)10-11/h8-10,14H,17H2,1-7H3. The lowest BCUT2D eigenvalue weighted by atomic mass is 10.1. The number of anilines is 1. The highest BCUT2D eigenvalue weighted by Crippen LogP contribution is 2.40. The Labute approximate surface area is 133 Å². The Morgan fingerprint density at radius 2 is 1.82 bits per heavy atom. The van der Waals surface area contributed by atoms with Crippen LogP contribution in [0, 0.1) is 0 Å². The van der Waals surface area contributed by atoms with Gasteiger partial charge in [-0.1, -0.05) is 26.8 Å². The molecule has 0 aliphatic heterocycles. The zero-order valence-corrected chi connectivity index (χ0v) is 15.5. The summed E-state index contributed by atoms with van der Waals surface area (Å²) in [5, 5.41) is -0.0166. The quantitative estimate of drug-likeness (QED) is 0.509. The normalized spacial score (nSPS) is 13.6. The number of methoxy groups -OCH3 is 2. The van der Waals surface area contributed by atoms with Crippen LogP contribution in [0.5, 0.6) is 5.75 Å². The number of hydrogen-bond acceptors (Lipinski definition) is 5. The maximum Gasteiger partial charge on any atom is 0.338 e. The van der Waals surface area contributed by atoms with Gasteiger partial charge in [-0.25, -0.2) is 4.79 Å². The lowest BCUT2D eigenvalue weighted by Gasteiger charge is -2.38. The number of nitrogen functional groups attached to an aromatic ring is 1. The Morgan fingerprint density at radius 3 is 2.23 bits per heavy atom. The van der Waals surface area contributed by atoms with Crippen LogP contribution in [0.25, 0.3) is 0 Å². The van der Waals surface area contributed by atoms with E-state index < -0.39 is 20.4 Å². The molecule has 0 aliphatic carbocycles. The summed E-state index contributed by atoms with van der Waals surface area (Å²) in [5.41, 5.74) is 7.08. The van der Waals surface area contributed by atoms with Gasteiger partial charge in [0.25, 0.3) is 0 Å². The van der Waals surface area contributed by atoms with Gasteiger partial charge in [0.05, 0.1) is 19.9 Å². The molecule has 0 fully saturated rings. The molecule has 6 heteroatoms. The lowest BCUT2D eigenvalue weighted by molar-refractivity contribution is -0.149. The molecular formula is C16H27NO4Si. The molecule has 0 saturated heterocycles. The van der Waals surface area contributed by atoms with Gasteiger partial charge in [-0.05, 0) is 35.8 Å². The summed E-state index contributed by atoms with van der Waals surface area (Å²) in [5.74, 6) is 0.147.